The van der Waals surface area contributed by atoms with Crippen LogP contribution in [-0.4, -0.2) is 68.1 Å². The van der Waals surface area contributed by atoms with Crippen LogP contribution in [-0.2, 0) is 14.8 Å². The molecule has 0 bridgehead atoms. The number of amides is 1. The van der Waals surface area contributed by atoms with Crippen LogP contribution >= 0.6 is 12.4 Å². The van der Waals surface area contributed by atoms with Gasteiger partial charge in [0, 0.05) is 50.2 Å². The Kier molecular flexibility index (Phi) is 7.61. The van der Waals surface area contributed by atoms with E-state index in [0.717, 1.165) is 6.54 Å². The molecule has 1 atom stereocenters. The van der Waals surface area contributed by atoms with Crippen LogP contribution in [0.1, 0.15) is 37.0 Å². The molecule has 3 rings (SSSR count). The Morgan fingerprint density at radius 3 is 2.21 bits per heavy atom. The lowest BCUT2D eigenvalue weighted by atomic mass is 9.96. The summed E-state index contributed by atoms with van der Waals surface area (Å²) in [5.41, 5.74) is 0.489. The van der Waals surface area contributed by atoms with Crippen LogP contribution in [0.4, 0.5) is 0 Å². The molecule has 28 heavy (non-hydrogen) atoms. The maximum absolute atomic E-state index is 12.8. The molecule has 2 aliphatic heterocycles. The number of hydrogen-bond donors (Lipinski definition) is 1. The lowest BCUT2D eigenvalue weighted by Crippen LogP contribution is -2.54. The zero-order valence-corrected chi connectivity index (χ0v) is 17.9. The molecule has 0 spiro atoms. The van der Waals surface area contributed by atoms with Crippen LogP contribution < -0.4 is 5.32 Å². The van der Waals surface area contributed by atoms with Crippen LogP contribution in [0.2, 0.25) is 0 Å². The number of piperidine rings is 1. The number of Topliss-reactive ketones (excluding diaryl/α,β-unsaturated/α-hetero) is 1. The van der Waals surface area contributed by atoms with Gasteiger partial charge in [-0.2, -0.15) is 4.31 Å². The maximum Gasteiger partial charge on any atom is 0.243 e. The molecule has 2 saturated heterocycles. The standard InChI is InChI=1S/C19H27N3O4S.ClH/c1-14-13-21(12-9-20-14)19(24)17-7-10-22(11-8-17)27(25,26)18-5-3-16(4-6-18)15(2)23;/h3-6,14,17,20H,7-13H2,1-2H3;1H. The Labute approximate surface area is 172 Å². The van der Waals surface area contributed by atoms with Crippen molar-refractivity contribution in [1.29, 1.82) is 0 Å². The summed E-state index contributed by atoms with van der Waals surface area (Å²) in [5.74, 6) is -0.0615. The molecule has 1 N–H and O–H groups in total. The molecule has 0 radical (unpaired) electrons. The van der Waals surface area contributed by atoms with Crippen LogP contribution in [0.25, 0.3) is 0 Å². The largest absolute Gasteiger partial charge is 0.340 e. The number of piperazine rings is 1. The van der Waals surface area contributed by atoms with Gasteiger partial charge < -0.3 is 10.2 Å². The van der Waals surface area contributed by atoms with Crippen LogP contribution in [0, 0.1) is 5.92 Å². The first-order chi connectivity index (χ1) is 12.8. The van der Waals surface area contributed by atoms with Crippen LogP contribution in [0.15, 0.2) is 29.2 Å². The molecule has 0 aliphatic carbocycles. The molecule has 2 fully saturated rings. The molecule has 1 unspecified atom stereocenters. The Hall–Kier alpha value is -1.48. The van der Waals surface area contributed by atoms with Gasteiger partial charge in [0.2, 0.25) is 15.9 Å². The van der Waals surface area contributed by atoms with E-state index in [4.69, 9.17) is 0 Å². The second-order valence-corrected chi connectivity index (χ2v) is 9.34. The van der Waals surface area contributed by atoms with Crippen molar-refractivity contribution in [1.82, 2.24) is 14.5 Å². The molecule has 2 aliphatic rings. The average Bonchev–Trinajstić information content (AvgIpc) is 2.67. The predicted molar refractivity (Wildman–Crippen MR) is 109 cm³/mol. The highest BCUT2D eigenvalue weighted by Gasteiger charge is 2.34. The van der Waals surface area contributed by atoms with Crippen molar-refractivity contribution in [2.45, 2.75) is 37.6 Å². The number of carbonyl (C=O) groups excluding carboxylic acids is 2. The lowest BCUT2D eigenvalue weighted by Gasteiger charge is -2.37. The normalized spacial score (nSPS) is 21.8. The molecular weight excluding hydrogens is 402 g/mol. The first-order valence-corrected chi connectivity index (χ1v) is 10.9. The van der Waals surface area contributed by atoms with Crippen molar-refractivity contribution in [2.75, 3.05) is 32.7 Å². The van der Waals surface area contributed by atoms with Crippen molar-refractivity contribution in [2.24, 2.45) is 5.92 Å². The summed E-state index contributed by atoms with van der Waals surface area (Å²) < 4.78 is 27.1. The minimum atomic E-state index is -3.60. The van der Waals surface area contributed by atoms with Crippen molar-refractivity contribution in [3.8, 4) is 0 Å². The van der Waals surface area contributed by atoms with Crippen molar-refractivity contribution in [3.63, 3.8) is 0 Å². The number of ketones is 1. The van der Waals surface area contributed by atoms with E-state index < -0.39 is 10.0 Å². The van der Waals surface area contributed by atoms with E-state index in [0.29, 0.717) is 50.6 Å². The molecular formula is C19H28ClN3O4S. The summed E-state index contributed by atoms with van der Waals surface area (Å²) in [6.45, 7) is 6.42. The highest BCUT2D eigenvalue weighted by Crippen LogP contribution is 2.25. The Morgan fingerprint density at radius 1 is 1.07 bits per heavy atom. The molecule has 0 aromatic heterocycles. The quantitative estimate of drug-likeness (QED) is 0.733. The molecule has 7 nitrogen and oxygen atoms in total. The molecule has 156 valence electrons. The van der Waals surface area contributed by atoms with E-state index in [1.54, 1.807) is 0 Å². The van der Waals surface area contributed by atoms with Gasteiger partial charge in [-0.25, -0.2) is 8.42 Å². The number of nitrogens with zero attached hydrogens (tertiary/aromatic N) is 2. The summed E-state index contributed by atoms with van der Waals surface area (Å²) >= 11 is 0. The van der Waals surface area contributed by atoms with Gasteiger partial charge in [0.05, 0.1) is 4.90 Å². The third kappa shape index (κ3) is 4.92. The van der Waals surface area contributed by atoms with Crippen molar-refractivity contribution >= 4 is 34.1 Å². The fourth-order valence-corrected chi connectivity index (χ4v) is 5.21. The molecule has 9 heteroatoms. The maximum atomic E-state index is 12.8. The lowest BCUT2D eigenvalue weighted by molar-refractivity contribution is -0.137. The second-order valence-electron chi connectivity index (χ2n) is 7.40. The third-order valence-corrected chi connectivity index (χ3v) is 7.30. The van der Waals surface area contributed by atoms with Crippen molar-refractivity contribution in [3.05, 3.63) is 29.8 Å². The summed E-state index contributed by atoms with van der Waals surface area (Å²) in [7, 11) is -3.60. The van der Waals surface area contributed by atoms with E-state index in [1.807, 2.05) is 4.90 Å². The number of rotatable bonds is 4. The number of sulfonamides is 1. The average molecular weight is 430 g/mol. The molecule has 1 amide bonds. The SMILES string of the molecule is CC(=O)c1ccc(S(=O)(=O)N2CCC(C(=O)N3CCNC(C)C3)CC2)cc1.Cl. The van der Waals surface area contributed by atoms with Crippen LogP contribution in [0.3, 0.4) is 0 Å². The molecule has 1 aromatic carbocycles. The van der Waals surface area contributed by atoms with Gasteiger partial charge >= 0.3 is 0 Å². The monoisotopic (exact) mass is 429 g/mol. The Balaban J connectivity index is 0.00000280. The summed E-state index contributed by atoms with van der Waals surface area (Å²) in [5, 5.41) is 3.32. The minimum absolute atomic E-state index is 0. The van der Waals surface area contributed by atoms with E-state index >= 15 is 0 Å². The highest BCUT2D eigenvalue weighted by atomic mass is 35.5. The van der Waals surface area contributed by atoms with Gasteiger partial charge in [0.25, 0.3) is 0 Å². The van der Waals surface area contributed by atoms with Gasteiger partial charge in [-0.3, -0.25) is 9.59 Å². The molecule has 1 aromatic rings. The van der Waals surface area contributed by atoms with E-state index in [9.17, 15) is 18.0 Å². The van der Waals surface area contributed by atoms with Gasteiger partial charge in [-0.15, -0.1) is 12.4 Å². The zero-order valence-electron chi connectivity index (χ0n) is 16.3. The van der Waals surface area contributed by atoms with Gasteiger partial charge in [-0.05, 0) is 38.8 Å². The Morgan fingerprint density at radius 2 is 1.68 bits per heavy atom. The molecule has 2 heterocycles. The highest BCUT2D eigenvalue weighted by molar-refractivity contribution is 7.89. The fraction of sp³-hybridized carbons (Fsp3) is 0.579. The van der Waals surface area contributed by atoms with E-state index in [2.05, 4.69) is 12.2 Å². The predicted octanol–water partition coefficient (Wildman–Crippen LogP) is 1.53. The number of carbonyl (C=O) groups is 2. The first-order valence-electron chi connectivity index (χ1n) is 9.42. The minimum Gasteiger partial charge on any atom is -0.340 e. The van der Waals surface area contributed by atoms with E-state index in [-0.39, 0.29) is 34.9 Å². The van der Waals surface area contributed by atoms with Gasteiger partial charge in [-0.1, -0.05) is 12.1 Å². The summed E-state index contributed by atoms with van der Waals surface area (Å²) in [4.78, 5) is 26.2. The van der Waals surface area contributed by atoms with Gasteiger partial charge in [0.15, 0.2) is 5.78 Å². The third-order valence-electron chi connectivity index (χ3n) is 5.38. The van der Waals surface area contributed by atoms with Crippen LogP contribution in [0.5, 0.6) is 0 Å². The number of hydrogen-bond acceptors (Lipinski definition) is 5. The summed E-state index contributed by atoms with van der Waals surface area (Å²) in [6, 6.07) is 6.33. The van der Waals surface area contributed by atoms with Gasteiger partial charge in [0.1, 0.15) is 0 Å². The smallest absolute Gasteiger partial charge is 0.243 e. The fourth-order valence-electron chi connectivity index (χ4n) is 3.74. The Bertz CT molecular complexity index is 805. The number of benzene rings is 1. The summed E-state index contributed by atoms with van der Waals surface area (Å²) in [6.07, 6.45) is 1.09. The van der Waals surface area contributed by atoms with E-state index in [1.165, 1.54) is 35.5 Å². The first kappa shape index (κ1) is 22.8. The number of nitrogens with one attached hydrogen (secondary N) is 1. The number of halogens is 1. The second kappa shape index (κ2) is 9.35. The molecule has 0 saturated carbocycles. The zero-order chi connectivity index (χ0) is 19.6. The topological polar surface area (TPSA) is 86.8 Å². The van der Waals surface area contributed by atoms with Crippen molar-refractivity contribution < 1.29 is 18.0 Å².